The topological polar surface area (TPSA) is 17.1 Å². The highest BCUT2D eigenvalue weighted by atomic mass is 31.0. The number of aryl methyl sites for hydroxylation is 1. The SMILES string of the molecule is CCCC(CC(=O)CC)c1ccc(C)c(P)c1. The minimum absolute atomic E-state index is 0.370. The van der Waals surface area contributed by atoms with Crippen LogP contribution in [0.1, 0.15) is 56.6 Å². The van der Waals surface area contributed by atoms with Gasteiger partial charge in [0.05, 0.1) is 0 Å². The molecule has 0 aliphatic rings. The lowest BCUT2D eigenvalue weighted by Gasteiger charge is -2.17. The van der Waals surface area contributed by atoms with Crippen molar-refractivity contribution >= 4 is 20.3 Å². The van der Waals surface area contributed by atoms with E-state index in [0.29, 0.717) is 24.5 Å². The molecule has 0 amide bonds. The molecule has 1 nitrogen and oxygen atoms in total. The number of benzene rings is 1. The minimum atomic E-state index is 0.370. The van der Waals surface area contributed by atoms with E-state index in [1.807, 2.05) is 6.92 Å². The Morgan fingerprint density at radius 2 is 2.06 bits per heavy atom. The van der Waals surface area contributed by atoms with E-state index in [-0.39, 0.29) is 0 Å². The molecule has 0 spiro atoms. The van der Waals surface area contributed by atoms with Gasteiger partial charge in [0.1, 0.15) is 5.78 Å². The minimum Gasteiger partial charge on any atom is -0.300 e. The van der Waals surface area contributed by atoms with Gasteiger partial charge in [-0.3, -0.25) is 4.79 Å². The highest BCUT2D eigenvalue weighted by Gasteiger charge is 2.14. The van der Waals surface area contributed by atoms with Crippen LogP contribution in [0.15, 0.2) is 18.2 Å². The van der Waals surface area contributed by atoms with E-state index in [9.17, 15) is 4.79 Å². The first kappa shape index (κ1) is 14.4. The third-order valence-corrected chi connectivity index (χ3v) is 3.90. The third-order valence-electron chi connectivity index (χ3n) is 3.28. The molecule has 0 saturated carbocycles. The van der Waals surface area contributed by atoms with Crippen molar-refractivity contribution in [1.82, 2.24) is 0 Å². The fourth-order valence-corrected chi connectivity index (χ4v) is 2.36. The number of carbonyl (C=O) groups excluding carboxylic acids is 1. The first-order valence-corrected chi connectivity index (χ1v) is 7.03. The Kier molecular flexibility index (Phi) is 5.85. The van der Waals surface area contributed by atoms with Crippen molar-refractivity contribution in [2.75, 3.05) is 0 Å². The standard InChI is InChI=1S/C15H23OP/c1-4-6-12(9-14(16)5-2)13-8-7-11(3)15(17)10-13/h7-8,10,12H,4-6,9,17H2,1-3H3. The van der Waals surface area contributed by atoms with E-state index < -0.39 is 0 Å². The van der Waals surface area contributed by atoms with Crippen molar-refractivity contribution < 1.29 is 4.79 Å². The van der Waals surface area contributed by atoms with Gasteiger partial charge in [-0.25, -0.2) is 0 Å². The Balaban J connectivity index is 2.88. The predicted octanol–water partition coefficient (Wildman–Crippen LogP) is 3.75. The molecular weight excluding hydrogens is 227 g/mol. The number of carbonyl (C=O) groups is 1. The lowest BCUT2D eigenvalue weighted by atomic mass is 9.89. The average Bonchev–Trinajstić information content (AvgIpc) is 2.32. The highest BCUT2D eigenvalue weighted by Crippen LogP contribution is 2.26. The largest absolute Gasteiger partial charge is 0.300 e. The van der Waals surface area contributed by atoms with Crippen LogP contribution in [0.3, 0.4) is 0 Å². The van der Waals surface area contributed by atoms with E-state index in [2.05, 4.69) is 41.3 Å². The predicted molar refractivity (Wildman–Crippen MR) is 78.1 cm³/mol. The van der Waals surface area contributed by atoms with Gasteiger partial charge in [0.25, 0.3) is 0 Å². The normalized spacial score (nSPS) is 12.5. The summed E-state index contributed by atoms with van der Waals surface area (Å²) in [5.41, 5.74) is 2.60. The molecule has 0 aromatic heterocycles. The second-order valence-electron chi connectivity index (χ2n) is 4.70. The van der Waals surface area contributed by atoms with Gasteiger partial charge in [0.2, 0.25) is 0 Å². The number of Topliss-reactive ketones (excluding diaryl/α,β-unsaturated/α-hetero) is 1. The Labute approximate surface area is 107 Å². The van der Waals surface area contributed by atoms with Gasteiger partial charge < -0.3 is 0 Å². The second-order valence-corrected chi connectivity index (χ2v) is 5.32. The van der Waals surface area contributed by atoms with Crippen LogP contribution in [-0.4, -0.2) is 5.78 Å². The molecular formula is C15H23OP. The Hall–Kier alpha value is -0.680. The van der Waals surface area contributed by atoms with Crippen molar-refractivity contribution in [3.05, 3.63) is 29.3 Å². The summed E-state index contributed by atoms with van der Waals surface area (Å²) in [6.07, 6.45) is 3.57. The fourth-order valence-electron chi connectivity index (χ4n) is 2.07. The zero-order chi connectivity index (χ0) is 12.8. The maximum Gasteiger partial charge on any atom is 0.133 e. The lowest BCUT2D eigenvalue weighted by Crippen LogP contribution is -2.09. The van der Waals surface area contributed by atoms with E-state index in [0.717, 1.165) is 12.8 Å². The maximum absolute atomic E-state index is 11.6. The molecule has 2 atom stereocenters. The van der Waals surface area contributed by atoms with Crippen LogP contribution in [0.25, 0.3) is 0 Å². The zero-order valence-corrected chi connectivity index (χ0v) is 12.3. The van der Waals surface area contributed by atoms with Gasteiger partial charge in [0, 0.05) is 12.8 Å². The van der Waals surface area contributed by atoms with Crippen LogP contribution in [0, 0.1) is 6.92 Å². The molecule has 0 heterocycles. The van der Waals surface area contributed by atoms with Gasteiger partial charge in [0.15, 0.2) is 0 Å². The van der Waals surface area contributed by atoms with E-state index in [4.69, 9.17) is 0 Å². The highest BCUT2D eigenvalue weighted by molar-refractivity contribution is 7.27. The van der Waals surface area contributed by atoms with Crippen LogP contribution >= 0.6 is 9.24 Å². The van der Waals surface area contributed by atoms with Crippen LogP contribution < -0.4 is 5.30 Å². The second kappa shape index (κ2) is 6.91. The summed E-state index contributed by atoms with van der Waals surface area (Å²) in [7, 11) is 2.77. The molecule has 1 rings (SSSR count). The van der Waals surface area contributed by atoms with E-state index in [1.165, 1.54) is 16.4 Å². The Morgan fingerprint density at radius 1 is 1.35 bits per heavy atom. The zero-order valence-electron chi connectivity index (χ0n) is 11.1. The Morgan fingerprint density at radius 3 is 2.59 bits per heavy atom. The van der Waals surface area contributed by atoms with Crippen molar-refractivity contribution in [3.63, 3.8) is 0 Å². The number of ketones is 1. The molecule has 0 radical (unpaired) electrons. The Bertz CT molecular complexity index is 385. The molecule has 2 unspecified atom stereocenters. The van der Waals surface area contributed by atoms with Crippen molar-refractivity contribution in [2.24, 2.45) is 0 Å². The fraction of sp³-hybridized carbons (Fsp3) is 0.533. The van der Waals surface area contributed by atoms with Gasteiger partial charge in [-0.05, 0) is 35.7 Å². The molecule has 0 bridgehead atoms. The van der Waals surface area contributed by atoms with Crippen LogP contribution in [-0.2, 0) is 4.79 Å². The number of hydrogen-bond acceptors (Lipinski definition) is 1. The summed E-state index contributed by atoms with van der Waals surface area (Å²) >= 11 is 0. The van der Waals surface area contributed by atoms with Crippen LogP contribution in [0.5, 0.6) is 0 Å². The maximum atomic E-state index is 11.6. The van der Waals surface area contributed by atoms with Crippen molar-refractivity contribution in [3.8, 4) is 0 Å². The summed E-state index contributed by atoms with van der Waals surface area (Å²) in [6.45, 7) is 6.24. The molecule has 1 aromatic rings. The van der Waals surface area contributed by atoms with Gasteiger partial charge >= 0.3 is 0 Å². The number of hydrogen-bond donors (Lipinski definition) is 0. The third kappa shape index (κ3) is 4.24. The van der Waals surface area contributed by atoms with E-state index >= 15 is 0 Å². The van der Waals surface area contributed by atoms with Crippen LogP contribution in [0.4, 0.5) is 0 Å². The van der Waals surface area contributed by atoms with Gasteiger partial charge in [-0.15, -0.1) is 9.24 Å². The molecule has 0 saturated heterocycles. The molecule has 0 N–H and O–H groups in total. The first-order chi connectivity index (χ1) is 8.08. The average molecular weight is 250 g/mol. The monoisotopic (exact) mass is 250 g/mol. The van der Waals surface area contributed by atoms with Crippen molar-refractivity contribution in [1.29, 1.82) is 0 Å². The summed E-state index contributed by atoms with van der Waals surface area (Å²) in [5.74, 6) is 0.765. The van der Waals surface area contributed by atoms with Crippen molar-refractivity contribution in [2.45, 2.75) is 52.4 Å². The molecule has 1 aromatic carbocycles. The molecule has 0 fully saturated rings. The quantitative estimate of drug-likeness (QED) is 0.703. The molecule has 0 aliphatic carbocycles. The summed E-state index contributed by atoms with van der Waals surface area (Å²) in [6, 6.07) is 6.53. The van der Waals surface area contributed by atoms with E-state index in [1.54, 1.807) is 0 Å². The summed E-state index contributed by atoms with van der Waals surface area (Å²) in [5, 5.41) is 1.24. The number of rotatable bonds is 6. The lowest BCUT2D eigenvalue weighted by molar-refractivity contribution is -0.119. The molecule has 94 valence electrons. The summed E-state index contributed by atoms with van der Waals surface area (Å²) < 4.78 is 0. The smallest absolute Gasteiger partial charge is 0.133 e. The molecule has 17 heavy (non-hydrogen) atoms. The first-order valence-electron chi connectivity index (χ1n) is 6.46. The van der Waals surface area contributed by atoms with Gasteiger partial charge in [-0.1, -0.05) is 38.5 Å². The molecule has 2 heteroatoms. The van der Waals surface area contributed by atoms with Crippen LogP contribution in [0.2, 0.25) is 0 Å². The molecule has 0 aliphatic heterocycles. The summed E-state index contributed by atoms with van der Waals surface area (Å²) in [4.78, 5) is 11.6. The van der Waals surface area contributed by atoms with Gasteiger partial charge in [-0.2, -0.15) is 0 Å².